The predicted molar refractivity (Wildman–Crippen MR) is 54.6 cm³/mol. The highest BCUT2D eigenvalue weighted by Crippen LogP contribution is 2.13. The Balaban J connectivity index is 2.69. The quantitative estimate of drug-likeness (QED) is 0.590. The molecule has 0 fully saturated rings. The van der Waals surface area contributed by atoms with Crippen molar-refractivity contribution in [1.82, 2.24) is 0 Å². The number of halogens is 2. The van der Waals surface area contributed by atoms with Gasteiger partial charge in [-0.15, -0.1) is 0 Å². The van der Waals surface area contributed by atoms with Gasteiger partial charge in [0.05, 0.1) is 0 Å². The van der Waals surface area contributed by atoms with Crippen LogP contribution in [-0.2, 0) is 0 Å². The van der Waals surface area contributed by atoms with Gasteiger partial charge in [-0.1, -0.05) is 23.4 Å². The van der Waals surface area contributed by atoms with Crippen LogP contribution < -0.4 is 0 Å². The van der Waals surface area contributed by atoms with Gasteiger partial charge in [-0.25, -0.2) is 4.39 Å². The standard InChI is InChI=1S/C11H10ClFO/c12-10-6-9(7-11(13)8-10)4-2-1-3-5-14/h6-8,14H,1,3,5H2. The Labute approximate surface area is 87.5 Å². The second kappa shape index (κ2) is 5.64. The lowest BCUT2D eigenvalue weighted by Crippen LogP contribution is -1.81. The number of unbranched alkanes of at least 4 members (excludes halogenated alkanes) is 1. The van der Waals surface area contributed by atoms with E-state index < -0.39 is 0 Å². The molecule has 0 heterocycles. The first-order valence-corrected chi connectivity index (χ1v) is 4.66. The van der Waals surface area contributed by atoms with Gasteiger partial charge in [0.2, 0.25) is 0 Å². The lowest BCUT2D eigenvalue weighted by molar-refractivity contribution is 0.290. The minimum absolute atomic E-state index is 0.124. The molecule has 1 rings (SSSR count). The van der Waals surface area contributed by atoms with E-state index >= 15 is 0 Å². The monoisotopic (exact) mass is 212 g/mol. The average Bonchev–Trinajstić information content (AvgIpc) is 2.11. The third kappa shape index (κ3) is 3.78. The summed E-state index contributed by atoms with van der Waals surface area (Å²) in [6.45, 7) is 0.124. The first-order valence-electron chi connectivity index (χ1n) is 4.28. The number of benzene rings is 1. The van der Waals surface area contributed by atoms with Crippen LogP contribution in [0.1, 0.15) is 18.4 Å². The molecule has 0 aromatic heterocycles. The molecule has 0 atom stereocenters. The molecule has 0 aliphatic rings. The average molecular weight is 213 g/mol. The molecule has 0 bridgehead atoms. The van der Waals surface area contributed by atoms with E-state index in [1.54, 1.807) is 6.07 Å². The van der Waals surface area contributed by atoms with Gasteiger partial charge in [-0.3, -0.25) is 0 Å². The van der Waals surface area contributed by atoms with E-state index in [1.807, 2.05) is 0 Å². The third-order valence-electron chi connectivity index (χ3n) is 1.56. The lowest BCUT2D eigenvalue weighted by atomic mass is 10.2. The van der Waals surface area contributed by atoms with E-state index in [0.717, 1.165) is 0 Å². The van der Waals surface area contributed by atoms with Crippen molar-refractivity contribution in [2.45, 2.75) is 12.8 Å². The SMILES string of the molecule is OCCCC#Cc1cc(F)cc(Cl)c1. The summed E-state index contributed by atoms with van der Waals surface area (Å²) in [6.07, 6.45) is 1.24. The molecule has 1 aromatic rings. The second-order valence-corrected chi connectivity index (χ2v) is 3.22. The zero-order chi connectivity index (χ0) is 10.4. The van der Waals surface area contributed by atoms with Crippen LogP contribution in [-0.4, -0.2) is 11.7 Å². The summed E-state index contributed by atoms with van der Waals surface area (Å²) in [4.78, 5) is 0. The van der Waals surface area contributed by atoms with Crippen LogP contribution in [0, 0.1) is 17.7 Å². The number of rotatable bonds is 2. The Morgan fingerprint density at radius 2 is 2.14 bits per heavy atom. The van der Waals surface area contributed by atoms with Crippen LogP contribution >= 0.6 is 11.6 Å². The van der Waals surface area contributed by atoms with Gasteiger partial charge in [0, 0.05) is 23.6 Å². The Hall–Kier alpha value is -1.04. The minimum Gasteiger partial charge on any atom is -0.396 e. The summed E-state index contributed by atoms with van der Waals surface area (Å²) in [7, 11) is 0. The topological polar surface area (TPSA) is 20.2 Å². The van der Waals surface area contributed by atoms with E-state index in [4.69, 9.17) is 16.7 Å². The molecule has 14 heavy (non-hydrogen) atoms. The summed E-state index contributed by atoms with van der Waals surface area (Å²) >= 11 is 5.64. The van der Waals surface area contributed by atoms with Gasteiger partial charge < -0.3 is 5.11 Å². The second-order valence-electron chi connectivity index (χ2n) is 2.79. The van der Waals surface area contributed by atoms with Crippen LogP contribution in [0.5, 0.6) is 0 Å². The normalized spacial score (nSPS) is 9.36. The van der Waals surface area contributed by atoms with Crippen molar-refractivity contribution < 1.29 is 9.50 Å². The van der Waals surface area contributed by atoms with Gasteiger partial charge in [0.25, 0.3) is 0 Å². The van der Waals surface area contributed by atoms with Crippen LogP contribution in [0.3, 0.4) is 0 Å². The predicted octanol–water partition coefficient (Wildman–Crippen LogP) is 2.60. The van der Waals surface area contributed by atoms with Crippen LogP contribution in [0.2, 0.25) is 5.02 Å². The van der Waals surface area contributed by atoms with Crippen molar-refractivity contribution in [2.75, 3.05) is 6.61 Å². The largest absolute Gasteiger partial charge is 0.396 e. The molecular weight excluding hydrogens is 203 g/mol. The van der Waals surface area contributed by atoms with E-state index in [1.165, 1.54) is 12.1 Å². The van der Waals surface area contributed by atoms with Gasteiger partial charge in [0.1, 0.15) is 5.82 Å². The number of hydrogen-bond donors (Lipinski definition) is 1. The molecule has 3 heteroatoms. The Kier molecular flexibility index (Phi) is 4.45. The molecule has 0 unspecified atom stereocenters. The zero-order valence-corrected chi connectivity index (χ0v) is 8.31. The van der Waals surface area contributed by atoms with Crippen LogP contribution in [0.4, 0.5) is 4.39 Å². The molecule has 0 radical (unpaired) electrons. The number of aliphatic hydroxyl groups is 1. The minimum atomic E-state index is -0.385. The van der Waals surface area contributed by atoms with Crippen molar-refractivity contribution in [3.8, 4) is 11.8 Å². The summed E-state index contributed by atoms with van der Waals surface area (Å²) in [5, 5.41) is 8.85. The summed E-state index contributed by atoms with van der Waals surface area (Å²) in [5.41, 5.74) is 0.563. The molecule has 0 saturated carbocycles. The highest BCUT2D eigenvalue weighted by molar-refractivity contribution is 6.30. The first kappa shape index (κ1) is 11.0. The lowest BCUT2D eigenvalue weighted by Gasteiger charge is -1.93. The molecule has 1 aromatic carbocycles. The van der Waals surface area contributed by atoms with Crippen LogP contribution in [0.25, 0.3) is 0 Å². The maximum Gasteiger partial charge on any atom is 0.125 e. The smallest absolute Gasteiger partial charge is 0.125 e. The molecule has 74 valence electrons. The van der Waals surface area contributed by atoms with Gasteiger partial charge in [-0.2, -0.15) is 0 Å². The fraction of sp³-hybridized carbons (Fsp3) is 0.273. The number of hydrogen-bond acceptors (Lipinski definition) is 1. The molecule has 1 nitrogen and oxygen atoms in total. The highest BCUT2D eigenvalue weighted by atomic mass is 35.5. The Bertz CT molecular complexity index is 345. The van der Waals surface area contributed by atoms with Gasteiger partial charge in [-0.05, 0) is 24.6 Å². The molecular formula is C11H10ClFO. The van der Waals surface area contributed by atoms with Crippen molar-refractivity contribution in [1.29, 1.82) is 0 Å². The van der Waals surface area contributed by atoms with E-state index in [0.29, 0.717) is 23.4 Å². The van der Waals surface area contributed by atoms with Gasteiger partial charge >= 0.3 is 0 Å². The first-order chi connectivity index (χ1) is 6.72. The molecule has 1 N–H and O–H groups in total. The van der Waals surface area contributed by atoms with Crippen molar-refractivity contribution in [3.63, 3.8) is 0 Å². The third-order valence-corrected chi connectivity index (χ3v) is 1.77. The van der Waals surface area contributed by atoms with Crippen molar-refractivity contribution in [2.24, 2.45) is 0 Å². The summed E-state index contributed by atoms with van der Waals surface area (Å²) in [6, 6.07) is 4.18. The zero-order valence-electron chi connectivity index (χ0n) is 7.56. The molecule has 0 spiro atoms. The van der Waals surface area contributed by atoms with E-state index in [2.05, 4.69) is 11.8 Å². The fourth-order valence-electron chi connectivity index (χ4n) is 0.958. The highest BCUT2D eigenvalue weighted by Gasteiger charge is 1.95. The molecule has 0 amide bonds. The maximum absolute atomic E-state index is 12.8. The van der Waals surface area contributed by atoms with Crippen molar-refractivity contribution in [3.05, 3.63) is 34.6 Å². The van der Waals surface area contributed by atoms with E-state index in [9.17, 15) is 4.39 Å². The van der Waals surface area contributed by atoms with Crippen molar-refractivity contribution >= 4 is 11.6 Å². The molecule has 0 aliphatic carbocycles. The molecule has 0 aliphatic heterocycles. The summed E-state index contributed by atoms with van der Waals surface area (Å²) < 4.78 is 12.8. The Morgan fingerprint density at radius 1 is 1.36 bits per heavy atom. The van der Waals surface area contributed by atoms with Gasteiger partial charge in [0.15, 0.2) is 0 Å². The Morgan fingerprint density at radius 3 is 2.79 bits per heavy atom. The fourth-order valence-corrected chi connectivity index (χ4v) is 1.18. The maximum atomic E-state index is 12.8. The number of aliphatic hydroxyl groups excluding tert-OH is 1. The van der Waals surface area contributed by atoms with E-state index in [-0.39, 0.29) is 12.4 Å². The summed E-state index contributed by atoms with van der Waals surface area (Å²) in [5.74, 6) is 5.21. The van der Waals surface area contributed by atoms with Crippen LogP contribution in [0.15, 0.2) is 18.2 Å². The molecule has 0 saturated heterocycles.